The summed E-state index contributed by atoms with van der Waals surface area (Å²) in [7, 11) is 3.60. The lowest BCUT2D eigenvalue weighted by Crippen LogP contribution is -2.43. The van der Waals surface area contributed by atoms with Crippen LogP contribution >= 0.6 is 11.3 Å². The molecule has 11 heteroatoms. The Morgan fingerprint density at radius 3 is 2.40 bits per heavy atom. The van der Waals surface area contributed by atoms with Gasteiger partial charge in [-0.05, 0) is 64.4 Å². The molecule has 1 fully saturated rings. The molecule has 0 spiro atoms. The molecule has 0 bridgehead atoms. The molecule has 1 aromatic heterocycles. The molecular weight excluding hydrogens is 484 g/mol. The van der Waals surface area contributed by atoms with Crippen LogP contribution < -0.4 is 11.1 Å². The van der Waals surface area contributed by atoms with Crippen LogP contribution in [0.25, 0.3) is 0 Å². The van der Waals surface area contributed by atoms with E-state index in [2.05, 4.69) is 10.3 Å². The number of aryl methyl sites for hydroxylation is 1. The van der Waals surface area contributed by atoms with Crippen LogP contribution in [0.15, 0.2) is 18.3 Å². The number of hydrogen-bond donors (Lipinski definition) is 2. The third kappa shape index (κ3) is 5.83. The molecule has 3 rings (SSSR count). The normalized spacial score (nSPS) is 16.7. The van der Waals surface area contributed by atoms with Crippen LogP contribution in [-0.2, 0) is 11.2 Å². The summed E-state index contributed by atoms with van der Waals surface area (Å²) < 4.78 is 56.2. The van der Waals surface area contributed by atoms with Crippen molar-refractivity contribution in [3.63, 3.8) is 0 Å². The smallest absolute Gasteiger partial charge is 0.366 e. The Kier molecular flexibility index (Phi) is 7.90. The predicted octanol–water partition coefficient (Wildman–Crippen LogP) is 4.10. The summed E-state index contributed by atoms with van der Waals surface area (Å²) in [6.07, 6.45) is -2.89. The third-order valence-corrected chi connectivity index (χ3v) is 7.90. The number of nitrogens with zero attached hydrogens (tertiary/aromatic N) is 2. The van der Waals surface area contributed by atoms with E-state index in [1.54, 1.807) is 34.0 Å². The van der Waals surface area contributed by atoms with Crippen molar-refractivity contribution < 1.29 is 27.2 Å². The molecule has 1 heterocycles. The van der Waals surface area contributed by atoms with Gasteiger partial charge in [0.25, 0.3) is 5.91 Å². The number of primary amides is 1. The van der Waals surface area contributed by atoms with E-state index in [0.717, 1.165) is 0 Å². The van der Waals surface area contributed by atoms with Crippen molar-refractivity contribution in [2.45, 2.75) is 57.7 Å². The molecular formula is C24H30F4N4O2S. The van der Waals surface area contributed by atoms with Crippen LogP contribution in [0.4, 0.5) is 17.6 Å². The fourth-order valence-corrected chi connectivity index (χ4v) is 5.39. The molecule has 0 unspecified atom stereocenters. The topological polar surface area (TPSA) is 88.3 Å². The van der Waals surface area contributed by atoms with Gasteiger partial charge in [0.2, 0.25) is 5.91 Å². The second kappa shape index (κ2) is 10.2. The Labute approximate surface area is 205 Å². The van der Waals surface area contributed by atoms with Crippen molar-refractivity contribution in [3.05, 3.63) is 50.7 Å². The highest BCUT2D eigenvalue weighted by molar-refractivity contribution is 7.11. The number of likely N-dealkylation sites (N-methyl/N-ethyl adjacent to an activating group) is 1. The molecule has 0 radical (unpaired) electrons. The Morgan fingerprint density at radius 2 is 1.91 bits per heavy atom. The van der Waals surface area contributed by atoms with Crippen LogP contribution in [0.2, 0.25) is 0 Å². The first kappa shape index (κ1) is 27.1. The number of carbonyl (C=O) groups excluding carboxylic acids is 2. The first-order valence-corrected chi connectivity index (χ1v) is 12.1. The molecule has 1 saturated carbocycles. The van der Waals surface area contributed by atoms with Gasteiger partial charge < -0.3 is 16.0 Å². The fraction of sp³-hybridized carbons (Fsp3) is 0.542. The third-order valence-electron chi connectivity index (χ3n) is 6.88. The number of benzene rings is 1. The van der Waals surface area contributed by atoms with Crippen LogP contribution in [0.3, 0.4) is 0 Å². The van der Waals surface area contributed by atoms with Crippen molar-refractivity contribution >= 4 is 23.2 Å². The van der Waals surface area contributed by atoms with Gasteiger partial charge in [0.05, 0.1) is 16.0 Å². The molecule has 192 valence electrons. The summed E-state index contributed by atoms with van der Waals surface area (Å²) in [5.74, 6) is -2.99. The Morgan fingerprint density at radius 1 is 1.26 bits per heavy atom. The number of hydrogen-bond acceptors (Lipinski definition) is 5. The van der Waals surface area contributed by atoms with Gasteiger partial charge >= 0.3 is 6.18 Å². The van der Waals surface area contributed by atoms with Gasteiger partial charge in [0.15, 0.2) is 0 Å². The lowest BCUT2D eigenvalue weighted by atomic mass is 9.84. The van der Waals surface area contributed by atoms with Gasteiger partial charge in [-0.3, -0.25) is 9.59 Å². The predicted molar refractivity (Wildman–Crippen MR) is 126 cm³/mol. The zero-order valence-corrected chi connectivity index (χ0v) is 20.9. The minimum absolute atomic E-state index is 0.00213. The van der Waals surface area contributed by atoms with Gasteiger partial charge in [-0.15, -0.1) is 11.3 Å². The molecule has 1 aliphatic rings. The summed E-state index contributed by atoms with van der Waals surface area (Å²) in [5.41, 5.74) is 4.06. The van der Waals surface area contributed by atoms with Gasteiger partial charge in [0.1, 0.15) is 5.82 Å². The molecule has 0 aliphatic heterocycles. The molecule has 2 atom stereocenters. The average molecular weight is 515 g/mol. The standard InChI is InChI=1S/C24H30F4N4O2S/c1-13-15(5-6-17(21(13)25)22(29)34)9-16(32(3)4)11-31-20(33)10-18(19-12-30-14(2)35-19)23(7-8-23)24(26,27)28/h5-6,12,16,18H,7-11H2,1-4H3,(H2,29,34)(H,31,33)/t16-,18-/m0/s1. The van der Waals surface area contributed by atoms with Gasteiger partial charge in [-0.1, -0.05) is 6.07 Å². The van der Waals surface area contributed by atoms with Gasteiger partial charge in [0, 0.05) is 36.0 Å². The molecule has 1 aliphatic carbocycles. The van der Waals surface area contributed by atoms with E-state index in [9.17, 15) is 27.2 Å². The van der Waals surface area contributed by atoms with Gasteiger partial charge in [-0.25, -0.2) is 9.37 Å². The van der Waals surface area contributed by atoms with Crippen LogP contribution in [0.5, 0.6) is 0 Å². The van der Waals surface area contributed by atoms with E-state index >= 15 is 0 Å². The summed E-state index contributed by atoms with van der Waals surface area (Å²) in [4.78, 5) is 30.6. The van der Waals surface area contributed by atoms with E-state index in [0.29, 0.717) is 27.4 Å². The molecule has 35 heavy (non-hydrogen) atoms. The van der Waals surface area contributed by atoms with E-state index in [4.69, 9.17) is 5.73 Å². The number of halogens is 4. The largest absolute Gasteiger partial charge is 0.395 e. The summed E-state index contributed by atoms with van der Waals surface area (Å²) in [5, 5.41) is 3.43. The number of thiazole rings is 1. The quantitative estimate of drug-likeness (QED) is 0.468. The van der Waals surface area contributed by atoms with Crippen LogP contribution in [0.1, 0.15) is 56.6 Å². The first-order chi connectivity index (χ1) is 16.3. The Bertz CT molecular complexity index is 1100. The molecule has 0 saturated heterocycles. The maximum absolute atomic E-state index is 14.5. The van der Waals surface area contributed by atoms with E-state index in [1.165, 1.54) is 23.6 Å². The molecule has 1 aromatic carbocycles. The van der Waals surface area contributed by atoms with Crippen molar-refractivity contribution in [2.24, 2.45) is 11.1 Å². The first-order valence-electron chi connectivity index (χ1n) is 11.3. The van der Waals surface area contributed by atoms with E-state index < -0.39 is 35.1 Å². The van der Waals surface area contributed by atoms with Crippen LogP contribution in [0, 0.1) is 25.1 Å². The molecule has 2 amide bonds. The molecule has 2 aromatic rings. The monoisotopic (exact) mass is 514 g/mol. The number of nitrogens with one attached hydrogen (secondary N) is 1. The Balaban J connectivity index is 1.71. The average Bonchev–Trinajstić information content (AvgIpc) is 3.47. The van der Waals surface area contributed by atoms with E-state index in [1.807, 2.05) is 4.90 Å². The minimum atomic E-state index is -4.40. The number of alkyl halides is 3. The van der Waals surface area contributed by atoms with Crippen molar-refractivity contribution in [1.82, 2.24) is 15.2 Å². The highest BCUT2D eigenvalue weighted by Gasteiger charge is 2.67. The van der Waals surface area contributed by atoms with Gasteiger partial charge in [-0.2, -0.15) is 13.2 Å². The molecule has 6 nitrogen and oxygen atoms in total. The van der Waals surface area contributed by atoms with Crippen LogP contribution in [-0.4, -0.2) is 54.6 Å². The second-order valence-electron chi connectivity index (χ2n) is 9.39. The second-order valence-corrected chi connectivity index (χ2v) is 10.7. The zero-order valence-electron chi connectivity index (χ0n) is 20.1. The van der Waals surface area contributed by atoms with E-state index in [-0.39, 0.29) is 37.4 Å². The number of rotatable bonds is 10. The van der Waals surface area contributed by atoms with Crippen molar-refractivity contribution in [3.8, 4) is 0 Å². The maximum atomic E-state index is 14.5. The fourth-order valence-electron chi connectivity index (χ4n) is 4.39. The SMILES string of the molecule is Cc1ncc([C@H](CC(=O)NC[C@H](Cc2ccc(C(N)=O)c(F)c2C)N(C)C)C2(C(F)(F)F)CC2)s1. The Hall–Kier alpha value is -2.53. The highest BCUT2D eigenvalue weighted by atomic mass is 32.1. The zero-order chi connectivity index (χ0) is 26.1. The molecule has 3 N–H and O–H groups in total. The minimum Gasteiger partial charge on any atom is -0.366 e. The lowest BCUT2D eigenvalue weighted by Gasteiger charge is -2.29. The number of aromatic nitrogens is 1. The highest BCUT2D eigenvalue weighted by Crippen LogP contribution is 2.66. The summed E-state index contributed by atoms with van der Waals surface area (Å²) >= 11 is 1.19. The maximum Gasteiger partial charge on any atom is 0.395 e. The lowest BCUT2D eigenvalue weighted by molar-refractivity contribution is -0.194. The number of carbonyl (C=O) groups is 2. The summed E-state index contributed by atoms with van der Waals surface area (Å²) in [6.45, 7) is 3.44. The number of amides is 2. The van der Waals surface area contributed by atoms with Crippen molar-refractivity contribution in [2.75, 3.05) is 20.6 Å². The van der Waals surface area contributed by atoms with Crippen molar-refractivity contribution in [1.29, 1.82) is 0 Å². The summed E-state index contributed by atoms with van der Waals surface area (Å²) in [6, 6.07) is 2.70. The number of nitrogens with two attached hydrogens (primary N) is 1.